The smallest absolute Gasteiger partial charge is 0.147 e. The Morgan fingerprint density at radius 1 is 1.30 bits per heavy atom. The highest BCUT2D eigenvalue weighted by Gasteiger charge is 2.29. The van der Waals surface area contributed by atoms with Crippen molar-refractivity contribution >= 4 is 6.29 Å². The lowest BCUT2D eigenvalue weighted by molar-refractivity contribution is -0.177. The molecule has 1 aliphatic rings. The van der Waals surface area contributed by atoms with Gasteiger partial charge < -0.3 is 19.0 Å². The van der Waals surface area contributed by atoms with Gasteiger partial charge in [0.1, 0.15) is 13.1 Å². The van der Waals surface area contributed by atoms with E-state index in [1.807, 2.05) is 37.3 Å². The van der Waals surface area contributed by atoms with Crippen molar-refractivity contribution in [1.29, 1.82) is 0 Å². The SMILES string of the molecule is C[C@@H]1CC[C@H](OCOCc2ccccc2)[C@@H](CC=O)O1. The van der Waals surface area contributed by atoms with Crippen LogP contribution in [0.25, 0.3) is 0 Å². The van der Waals surface area contributed by atoms with Crippen molar-refractivity contribution in [2.45, 2.75) is 51.1 Å². The predicted octanol–water partition coefficient (Wildman–Crippen LogP) is 2.70. The number of ether oxygens (including phenoxy) is 3. The van der Waals surface area contributed by atoms with E-state index in [4.69, 9.17) is 14.2 Å². The van der Waals surface area contributed by atoms with Crippen molar-refractivity contribution in [1.82, 2.24) is 0 Å². The zero-order chi connectivity index (χ0) is 14.2. The third-order valence-corrected chi connectivity index (χ3v) is 3.49. The Kier molecular flexibility index (Phi) is 6.18. The van der Waals surface area contributed by atoms with E-state index in [0.717, 1.165) is 24.7 Å². The highest BCUT2D eigenvalue weighted by molar-refractivity contribution is 5.50. The van der Waals surface area contributed by atoms with Crippen molar-refractivity contribution < 1.29 is 19.0 Å². The van der Waals surface area contributed by atoms with Gasteiger partial charge in [0.2, 0.25) is 0 Å². The average molecular weight is 278 g/mol. The number of rotatable bonds is 7. The van der Waals surface area contributed by atoms with Crippen molar-refractivity contribution in [3.05, 3.63) is 35.9 Å². The van der Waals surface area contributed by atoms with Gasteiger partial charge in [-0.1, -0.05) is 30.3 Å². The van der Waals surface area contributed by atoms with Gasteiger partial charge in [-0.2, -0.15) is 0 Å². The molecule has 0 aromatic heterocycles. The molecule has 1 aliphatic heterocycles. The maximum Gasteiger partial charge on any atom is 0.147 e. The molecule has 1 heterocycles. The van der Waals surface area contributed by atoms with E-state index in [1.54, 1.807) is 0 Å². The fourth-order valence-electron chi connectivity index (χ4n) is 2.40. The average Bonchev–Trinajstić information content (AvgIpc) is 2.47. The first kappa shape index (κ1) is 15.2. The quantitative estimate of drug-likeness (QED) is 0.437. The van der Waals surface area contributed by atoms with E-state index in [0.29, 0.717) is 13.0 Å². The second kappa shape index (κ2) is 8.15. The Balaban J connectivity index is 1.70. The summed E-state index contributed by atoms with van der Waals surface area (Å²) in [4.78, 5) is 10.7. The van der Waals surface area contributed by atoms with Crippen LogP contribution in [0.4, 0.5) is 0 Å². The van der Waals surface area contributed by atoms with Gasteiger partial charge in [0.15, 0.2) is 0 Å². The lowest BCUT2D eigenvalue weighted by Crippen LogP contribution is -2.40. The van der Waals surface area contributed by atoms with Crippen molar-refractivity contribution in [3.8, 4) is 0 Å². The van der Waals surface area contributed by atoms with E-state index in [-0.39, 0.29) is 25.1 Å². The summed E-state index contributed by atoms with van der Waals surface area (Å²) in [6, 6.07) is 9.97. The predicted molar refractivity (Wildman–Crippen MR) is 75.2 cm³/mol. The highest BCUT2D eigenvalue weighted by Crippen LogP contribution is 2.23. The minimum Gasteiger partial charge on any atom is -0.372 e. The summed E-state index contributed by atoms with van der Waals surface area (Å²) in [5.74, 6) is 0. The van der Waals surface area contributed by atoms with Gasteiger partial charge in [-0.3, -0.25) is 0 Å². The monoisotopic (exact) mass is 278 g/mol. The minimum atomic E-state index is -0.142. The number of benzene rings is 1. The number of carbonyl (C=O) groups excluding carboxylic acids is 1. The molecule has 20 heavy (non-hydrogen) atoms. The van der Waals surface area contributed by atoms with Crippen molar-refractivity contribution in [3.63, 3.8) is 0 Å². The fraction of sp³-hybridized carbons (Fsp3) is 0.562. The molecule has 0 N–H and O–H groups in total. The summed E-state index contributed by atoms with van der Waals surface area (Å²) >= 11 is 0. The molecule has 1 aromatic rings. The lowest BCUT2D eigenvalue weighted by atomic mass is 10.00. The first-order valence-corrected chi connectivity index (χ1v) is 7.12. The van der Waals surface area contributed by atoms with Gasteiger partial charge in [0, 0.05) is 6.42 Å². The maximum atomic E-state index is 10.7. The van der Waals surface area contributed by atoms with Gasteiger partial charge in [-0.25, -0.2) is 0 Å². The molecule has 4 nitrogen and oxygen atoms in total. The van der Waals surface area contributed by atoms with Gasteiger partial charge >= 0.3 is 0 Å². The molecule has 110 valence electrons. The molecular formula is C16H22O4. The summed E-state index contributed by atoms with van der Waals surface area (Å²) in [5, 5.41) is 0. The summed E-state index contributed by atoms with van der Waals surface area (Å²) in [5.41, 5.74) is 1.12. The van der Waals surface area contributed by atoms with E-state index in [1.165, 1.54) is 0 Å². The van der Waals surface area contributed by atoms with Gasteiger partial charge in [-0.15, -0.1) is 0 Å². The standard InChI is InChI=1S/C16H22O4/c1-13-7-8-15(16(20-13)9-10-17)19-12-18-11-14-5-3-2-4-6-14/h2-6,10,13,15-16H,7-9,11-12H2,1H3/t13-,15+,16-/m1/s1. The minimum absolute atomic E-state index is 0.0489. The van der Waals surface area contributed by atoms with Gasteiger partial charge in [0.25, 0.3) is 0 Å². The largest absolute Gasteiger partial charge is 0.372 e. The van der Waals surface area contributed by atoms with E-state index >= 15 is 0 Å². The summed E-state index contributed by atoms with van der Waals surface area (Å²) in [6.07, 6.45) is 3.15. The zero-order valence-electron chi connectivity index (χ0n) is 11.9. The van der Waals surface area contributed by atoms with Gasteiger partial charge in [-0.05, 0) is 25.3 Å². The van der Waals surface area contributed by atoms with Crippen LogP contribution in [0.2, 0.25) is 0 Å². The molecule has 0 saturated carbocycles. The Labute approximate surface area is 120 Å². The number of hydrogen-bond donors (Lipinski definition) is 0. The molecule has 3 atom stereocenters. The summed E-state index contributed by atoms with van der Waals surface area (Å²) in [6.45, 7) is 2.79. The second-order valence-electron chi connectivity index (χ2n) is 5.12. The number of aldehydes is 1. The van der Waals surface area contributed by atoms with Crippen LogP contribution in [0.3, 0.4) is 0 Å². The zero-order valence-corrected chi connectivity index (χ0v) is 11.9. The third-order valence-electron chi connectivity index (χ3n) is 3.49. The fourth-order valence-corrected chi connectivity index (χ4v) is 2.40. The number of hydrogen-bond acceptors (Lipinski definition) is 4. The third kappa shape index (κ3) is 4.71. The highest BCUT2D eigenvalue weighted by atomic mass is 16.7. The first-order chi connectivity index (χ1) is 9.79. The molecule has 0 aliphatic carbocycles. The summed E-state index contributed by atoms with van der Waals surface area (Å²) < 4.78 is 17.0. The Morgan fingerprint density at radius 3 is 2.85 bits per heavy atom. The molecular weight excluding hydrogens is 256 g/mol. The van der Waals surface area contributed by atoms with Gasteiger partial charge in [0.05, 0.1) is 24.9 Å². The van der Waals surface area contributed by atoms with Crippen LogP contribution in [0.5, 0.6) is 0 Å². The van der Waals surface area contributed by atoms with Crippen LogP contribution in [0, 0.1) is 0 Å². The molecule has 0 spiro atoms. The van der Waals surface area contributed by atoms with Crippen molar-refractivity contribution in [2.75, 3.05) is 6.79 Å². The topological polar surface area (TPSA) is 44.8 Å². The Morgan fingerprint density at radius 2 is 2.10 bits per heavy atom. The molecule has 1 aromatic carbocycles. The molecule has 0 bridgehead atoms. The summed E-state index contributed by atoms with van der Waals surface area (Å²) in [7, 11) is 0. The van der Waals surface area contributed by atoms with E-state index in [2.05, 4.69) is 0 Å². The molecule has 0 unspecified atom stereocenters. The van der Waals surface area contributed by atoms with Crippen LogP contribution in [0.15, 0.2) is 30.3 Å². The van der Waals surface area contributed by atoms with E-state index < -0.39 is 0 Å². The van der Waals surface area contributed by atoms with Crippen LogP contribution >= 0.6 is 0 Å². The van der Waals surface area contributed by atoms with Crippen LogP contribution in [-0.4, -0.2) is 31.4 Å². The van der Waals surface area contributed by atoms with E-state index in [9.17, 15) is 4.79 Å². The normalized spacial score (nSPS) is 26.4. The molecule has 4 heteroatoms. The van der Waals surface area contributed by atoms with Crippen LogP contribution in [0.1, 0.15) is 31.7 Å². The maximum absolute atomic E-state index is 10.7. The Hall–Kier alpha value is -1.23. The molecule has 0 radical (unpaired) electrons. The Bertz CT molecular complexity index is 393. The molecule has 1 fully saturated rings. The molecule has 2 rings (SSSR count). The van der Waals surface area contributed by atoms with Crippen molar-refractivity contribution in [2.24, 2.45) is 0 Å². The number of carbonyl (C=O) groups is 1. The van der Waals surface area contributed by atoms with Crippen LogP contribution in [-0.2, 0) is 25.6 Å². The second-order valence-corrected chi connectivity index (χ2v) is 5.12. The molecule has 1 saturated heterocycles. The first-order valence-electron chi connectivity index (χ1n) is 7.12. The lowest BCUT2D eigenvalue weighted by Gasteiger charge is -2.34. The molecule has 0 amide bonds. The van der Waals surface area contributed by atoms with Crippen LogP contribution < -0.4 is 0 Å².